The first-order valence-electron chi connectivity index (χ1n) is 7.80. The molecule has 0 unspecified atom stereocenters. The molecule has 5 nitrogen and oxygen atoms in total. The summed E-state index contributed by atoms with van der Waals surface area (Å²) in [6, 6.07) is 8.99. The van der Waals surface area contributed by atoms with Crippen molar-refractivity contribution in [1.82, 2.24) is 4.90 Å². The zero-order valence-electron chi connectivity index (χ0n) is 14.4. The Bertz CT molecular complexity index is 541. The van der Waals surface area contributed by atoms with E-state index in [1.54, 1.807) is 24.0 Å². The van der Waals surface area contributed by atoms with Crippen molar-refractivity contribution >= 4 is 17.8 Å². The molecule has 0 spiro atoms. The van der Waals surface area contributed by atoms with Crippen LogP contribution in [0.25, 0.3) is 5.76 Å². The summed E-state index contributed by atoms with van der Waals surface area (Å²) >= 11 is 0. The fourth-order valence-electron chi connectivity index (χ4n) is 2.23. The molecule has 0 saturated carbocycles. The number of ether oxygens (including phenoxy) is 2. The average Bonchev–Trinajstić information content (AvgIpc) is 2.47. The molecule has 5 heteroatoms. The number of hydrogen-bond donors (Lipinski definition) is 0. The molecule has 0 heterocycles. The van der Waals surface area contributed by atoms with Crippen LogP contribution in [0.15, 0.2) is 36.4 Å². The Morgan fingerprint density at radius 2 is 1.65 bits per heavy atom. The monoisotopic (exact) mass is 319 g/mol. The SMILES string of the molecule is CCOC(=O)/C=C(\OC(=O)N(C(C)C)C(C)C)c1ccccc1. The molecular formula is C18H25NO4. The Morgan fingerprint density at radius 3 is 2.13 bits per heavy atom. The largest absolute Gasteiger partial charge is 0.463 e. The van der Waals surface area contributed by atoms with E-state index >= 15 is 0 Å². The molecule has 0 aromatic heterocycles. The second-order valence-electron chi connectivity index (χ2n) is 5.59. The van der Waals surface area contributed by atoms with E-state index in [0.717, 1.165) is 0 Å². The highest BCUT2D eigenvalue weighted by molar-refractivity contribution is 5.92. The van der Waals surface area contributed by atoms with E-state index in [1.165, 1.54) is 6.08 Å². The van der Waals surface area contributed by atoms with Crippen molar-refractivity contribution in [3.8, 4) is 0 Å². The van der Waals surface area contributed by atoms with Crippen molar-refractivity contribution in [2.24, 2.45) is 0 Å². The zero-order valence-corrected chi connectivity index (χ0v) is 14.4. The lowest BCUT2D eigenvalue weighted by molar-refractivity contribution is -0.137. The summed E-state index contributed by atoms with van der Waals surface area (Å²) in [5, 5.41) is 0. The van der Waals surface area contributed by atoms with Gasteiger partial charge in [0.1, 0.15) is 5.76 Å². The molecule has 1 aromatic rings. The fourth-order valence-corrected chi connectivity index (χ4v) is 2.23. The van der Waals surface area contributed by atoms with Crippen LogP contribution in [0, 0.1) is 0 Å². The van der Waals surface area contributed by atoms with E-state index in [0.29, 0.717) is 5.56 Å². The van der Waals surface area contributed by atoms with Crippen molar-refractivity contribution in [3.05, 3.63) is 42.0 Å². The predicted octanol–water partition coefficient (Wildman–Crippen LogP) is 3.85. The number of esters is 1. The predicted molar refractivity (Wildman–Crippen MR) is 89.6 cm³/mol. The van der Waals surface area contributed by atoms with Crippen molar-refractivity contribution in [1.29, 1.82) is 0 Å². The van der Waals surface area contributed by atoms with Gasteiger partial charge in [0.25, 0.3) is 0 Å². The number of carbonyl (C=O) groups excluding carboxylic acids is 2. The molecule has 0 aliphatic heterocycles. The minimum atomic E-state index is -0.542. The summed E-state index contributed by atoms with van der Waals surface area (Å²) in [5.41, 5.74) is 0.640. The molecule has 0 radical (unpaired) electrons. The van der Waals surface area contributed by atoms with E-state index in [9.17, 15) is 9.59 Å². The van der Waals surface area contributed by atoms with Gasteiger partial charge in [-0.2, -0.15) is 0 Å². The summed E-state index contributed by atoms with van der Waals surface area (Å²) in [7, 11) is 0. The van der Waals surface area contributed by atoms with Crippen LogP contribution in [-0.2, 0) is 14.3 Å². The van der Waals surface area contributed by atoms with Gasteiger partial charge in [0.05, 0.1) is 12.7 Å². The summed E-state index contributed by atoms with van der Waals surface area (Å²) in [5.74, 6) is -0.361. The van der Waals surface area contributed by atoms with Crippen molar-refractivity contribution in [2.75, 3.05) is 6.61 Å². The standard InChI is InChI=1S/C18H25NO4/c1-6-22-17(20)12-16(15-10-8-7-9-11-15)23-18(21)19(13(2)3)14(4)5/h7-14H,6H2,1-5H3/b16-12-. The van der Waals surface area contributed by atoms with Crippen LogP contribution in [0.1, 0.15) is 40.2 Å². The summed E-state index contributed by atoms with van der Waals surface area (Å²) in [6.45, 7) is 9.64. The average molecular weight is 319 g/mol. The summed E-state index contributed by atoms with van der Waals surface area (Å²) in [6.07, 6.45) is 0.713. The molecule has 0 atom stereocenters. The van der Waals surface area contributed by atoms with Gasteiger partial charge in [-0.25, -0.2) is 9.59 Å². The van der Waals surface area contributed by atoms with E-state index < -0.39 is 12.1 Å². The van der Waals surface area contributed by atoms with Crippen molar-refractivity contribution < 1.29 is 19.1 Å². The molecule has 23 heavy (non-hydrogen) atoms. The first-order chi connectivity index (χ1) is 10.9. The number of rotatable bonds is 6. The van der Waals surface area contributed by atoms with Gasteiger partial charge in [-0.3, -0.25) is 0 Å². The molecule has 0 saturated heterocycles. The topological polar surface area (TPSA) is 55.8 Å². The van der Waals surface area contributed by atoms with Gasteiger partial charge < -0.3 is 14.4 Å². The lowest BCUT2D eigenvalue weighted by Gasteiger charge is -2.30. The zero-order chi connectivity index (χ0) is 17.4. The molecular weight excluding hydrogens is 294 g/mol. The Labute approximate surface area is 137 Å². The molecule has 0 aliphatic rings. The van der Waals surface area contributed by atoms with Crippen LogP contribution in [-0.4, -0.2) is 35.7 Å². The Morgan fingerprint density at radius 1 is 1.09 bits per heavy atom. The number of amides is 1. The lowest BCUT2D eigenvalue weighted by atomic mass is 10.2. The molecule has 0 fully saturated rings. The van der Waals surface area contributed by atoms with Crippen LogP contribution < -0.4 is 0 Å². The van der Waals surface area contributed by atoms with Crippen molar-refractivity contribution in [3.63, 3.8) is 0 Å². The smallest absolute Gasteiger partial charge is 0.415 e. The number of nitrogens with zero attached hydrogens (tertiary/aromatic N) is 1. The second kappa shape index (κ2) is 8.98. The quantitative estimate of drug-likeness (QED) is 0.454. The maximum Gasteiger partial charge on any atom is 0.415 e. The Balaban J connectivity index is 3.06. The van der Waals surface area contributed by atoms with Crippen LogP contribution in [0.4, 0.5) is 4.79 Å². The van der Waals surface area contributed by atoms with Gasteiger partial charge in [-0.15, -0.1) is 0 Å². The third kappa shape index (κ3) is 5.77. The highest BCUT2D eigenvalue weighted by atomic mass is 16.6. The Hall–Kier alpha value is -2.30. The van der Waals surface area contributed by atoms with Gasteiger partial charge in [0.2, 0.25) is 0 Å². The molecule has 0 bridgehead atoms. The van der Waals surface area contributed by atoms with E-state index in [-0.39, 0.29) is 24.4 Å². The molecule has 1 amide bonds. The third-order valence-electron chi connectivity index (χ3n) is 3.11. The van der Waals surface area contributed by atoms with E-state index in [1.807, 2.05) is 45.9 Å². The minimum absolute atomic E-state index is 0.0119. The van der Waals surface area contributed by atoms with Crippen LogP contribution >= 0.6 is 0 Å². The number of carbonyl (C=O) groups is 2. The lowest BCUT2D eigenvalue weighted by Crippen LogP contribution is -2.42. The maximum absolute atomic E-state index is 12.5. The van der Waals surface area contributed by atoms with Gasteiger partial charge in [-0.1, -0.05) is 30.3 Å². The molecule has 0 aliphatic carbocycles. The number of hydrogen-bond acceptors (Lipinski definition) is 4. The maximum atomic E-state index is 12.5. The number of benzene rings is 1. The fraction of sp³-hybridized carbons (Fsp3) is 0.444. The molecule has 0 N–H and O–H groups in total. The van der Waals surface area contributed by atoms with Crippen LogP contribution in [0.2, 0.25) is 0 Å². The van der Waals surface area contributed by atoms with E-state index in [2.05, 4.69) is 0 Å². The van der Waals surface area contributed by atoms with Gasteiger partial charge in [-0.05, 0) is 34.6 Å². The summed E-state index contributed by atoms with van der Waals surface area (Å²) < 4.78 is 10.4. The normalized spacial score (nSPS) is 11.5. The summed E-state index contributed by atoms with van der Waals surface area (Å²) in [4.78, 5) is 25.8. The third-order valence-corrected chi connectivity index (χ3v) is 3.11. The second-order valence-corrected chi connectivity index (χ2v) is 5.59. The van der Waals surface area contributed by atoms with Gasteiger partial charge in [0, 0.05) is 17.6 Å². The molecule has 1 rings (SSSR count). The van der Waals surface area contributed by atoms with Crippen LogP contribution in [0.5, 0.6) is 0 Å². The molecule has 1 aromatic carbocycles. The van der Waals surface area contributed by atoms with Gasteiger partial charge >= 0.3 is 12.1 Å². The van der Waals surface area contributed by atoms with Crippen LogP contribution in [0.3, 0.4) is 0 Å². The highest BCUT2D eigenvalue weighted by Gasteiger charge is 2.23. The van der Waals surface area contributed by atoms with Gasteiger partial charge in [0.15, 0.2) is 0 Å². The molecule has 126 valence electrons. The Kier molecular flexibility index (Phi) is 7.32. The minimum Gasteiger partial charge on any atom is -0.463 e. The first-order valence-corrected chi connectivity index (χ1v) is 7.80. The first kappa shape index (κ1) is 18.7. The van der Waals surface area contributed by atoms with E-state index in [4.69, 9.17) is 9.47 Å². The highest BCUT2D eigenvalue weighted by Crippen LogP contribution is 2.19. The van der Waals surface area contributed by atoms with Crippen molar-refractivity contribution in [2.45, 2.75) is 46.7 Å².